The van der Waals surface area contributed by atoms with Gasteiger partial charge in [-0.3, -0.25) is 0 Å². The molecule has 1 heterocycles. The lowest BCUT2D eigenvalue weighted by atomic mass is 10.2. The maximum atomic E-state index is 14.0. The molecule has 18 heavy (non-hydrogen) atoms. The van der Waals surface area contributed by atoms with Gasteiger partial charge in [0.2, 0.25) is 0 Å². The summed E-state index contributed by atoms with van der Waals surface area (Å²) in [4.78, 5) is 1.62. The van der Waals surface area contributed by atoms with Crippen molar-refractivity contribution in [1.82, 2.24) is 9.78 Å². The summed E-state index contributed by atoms with van der Waals surface area (Å²) in [6, 6.07) is 2.09. The van der Waals surface area contributed by atoms with Gasteiger partial charge in [0, 0.05) is 20.2 Å². The summed E-state index contributed by atoms with van der Waals surface area (Å²) in [6.07, 6.45) is 1.44. The summed E-state index contributed by atoms with van der Waals surface area (Å²) >= 11 is 0. The highest BCUT2D eigenvalue weighted by atomic mass is 19.1. The molecule has 6 heteroatoms. The second-order valence-corrected chi connectivity index (χ2v) is 4.25. The summed E-state index contributed by atoms with van der Waals surface area (Å²) in [7, 11) is 3.42. The van der Waals surface area contributed by atoms with Crippen LogP contribution < -0.4 is 10.6 Å². The third-order valence-corrected chi connectivity index (χ3v) is 2.75. The number of aromatic nitrogens is 2. The molecular formula is C12H14F2N4. The number of hydrogen-bond donors (Lipinski definition) is 1. The Labute approximate surface area is 104 Å². The molecule has 2 rings (SSSR count). The topological polar surface area (TPSA) is 47.1 Å². The van der Waals surface area contributed by atoms with Crippen molar-refractivity contribution < 1.29 is 8.78 Å². The first-order chi connectivity index (χ1) is 8.41. The van der Waals surface area contributed by atoms with E-state index in [1.165, 1.54) is 16.9 Å². The summed E-state index contributed by atoms with van der Waals surface area (Å²) in [6.45, 7) is 1.73. The van der Waals surface area contributed by atoms with Crippen LogP contribution in [-0.4, -0.2) is 23.9 Å². The van der Waals surface area contributed by atoms with Crippen LogP contribution in [0, 0.1) is 18.6 Å². The van der Waals surface area contributed by atoms with Gasteiger partial charge in [-0.2, -0.15) is 5.10 Å². The average molecular weight is 252 g/mol. The van der Waals surface area contributed by atoms with E-state index in [4.69, 9.17) is 5.73 Å². The van der Waals surface area contributed by atoms with Gasteiger partial charge >= 0.3 is 0 Å². The zero-order chi connectivity index (χ0) is 13.4. The molecule has 0 amide bonds. The molecule has 0 saturated heterocycles. The first-order valence-electron chi connectivity index (χ1n) is 5.38. The zero-order valence-corrected chi connectivity index (χ0v) is 10.4. The highest BCUT2D eigenvalue weighted by Crippen LogP contribution is 2.29. The Bertz CT molecular complexity index is 590. The monoisotopic (exact) mass is 252 g/mol. The van der Waals surface area contributed by atoms with Crippen molar-refractivity contribution in [1.29, 1.82) is 0 Å². The van der Waals surface area contributed by atoms with Crippen LogP contribution in [-0.2, 0) is 0 Å². The van der Waals surface area contributed by atoms with Crippen molar-refractivity contribution in [3.8, 4) is 5.69 Å². The Morgan fingerprint density at radius 3 is 2.44 bits per heavy atom. The van der Waals surface area contributed by atoms with Crippen LogP contribution in [0.3, 0.4) is 0 Å². The number of rotatable bonds is 2. The fraction of sp³-hybridized carbons (Fsp3) is 0.250. The van der Waals surface area contributed by atoms with E-state index < -0.39 is 11.6 Å². The first kappa shape index (κ1) is 12.3. The molecule has 0 fully saturated rings. The van der Waals surface area contributed by atoms with Crippen LogP contribution in [0.1, 0.15) is 5.69 Å². The molecule has 0 aliphatic rings. The number of halogens is 2. The van der Waals surface area contributed by atoms with E-state index in [1.807, 2.05) is 0 Å². The average Bonchev–Trinajstić information content (AvgIpc) is 2.59. The van der Waals surface area contributed by atoms with Crippen LogP contribution in [0.4, 0.5) is 20.2 Å². The Kier molecular flexibility index (Phi) is 2.94. The standard InChI is InChI=1S/C12H14F2N4/c1-7-10(15)6-16-18(7)12-9(14)4-8(13)5-11(12)17(2)3/h4-6H,15H2,1-3H3. The lowest BCUT2D eigenvalue weighted by Gasteiger charge is -2.19. The van der Waals surface area contributed by atoms with Gasteiger partial charge in [-0.25, -0.2) is 13.5 Å². The highest BCUT2D eigenvalue weighted by Gasteiger charge is 2.17. The number of nitrogens with zero attached hydrogens (tertiary/aromatic N) is 3. The molecule has 1 aromatic carbocycles. The molecule has 96 valence electrons. The van der Waals surface area contributed by atoms with E-state index >= 15 is 0 Å². The Balaban J connectivity index is 2.74. The number of nitrogens with two attached hydrogens (primary N) is 1. The van der Waals surface area contributed by atoms with Crippen LogP contribution in [0.15, 0.2) is 18.3 Å². The maximum Gasteiger partial charge on any atom is 0.153 e. The summed E-state index contributed by atoms with van der Waals surface area (Å²) < 4.78 is 28.6. The van der Waals surface area contributed by atoms with E-state index in [1.54, 1.807) is 25.9 Å². The SMILES string of the molecule is Cc1c(N)cnn1-c1c(F)cc(F)cc1N(C)C. The molecule has 0 bridgehead atoms. The quantitative estimate of drug-likeness (QED) is 0.890. The molecule has 2 aromatic rings. The fourth-order valence-corrected chi connectivity index (χ4v) is 1.75. The van der Waals surface area contributed by atoms with Crippen molar-refractivity contribution in [2.24, 2.45) is 0 Å². The second-order valence-electron chi connectivity index (χ2n) is 4.25. The number of hydrogen-bond acceptors (Lipinski definition) is 3. The lowest BCUT2D eigenvalue weighted by Crippen LogP contribution is -2.15. The van der Waals surface area contributed by atoms with E-state index in [2.05, 4.69) is 5.10 Å². The van der Waals surface area contributed by atoms with E-state index in [9.17, 15) is 8.78 Å². The molecule has 1 aromatic heterocycles. The molecule has 0 unspecified atom stereocenters. The summed E-state index contributed by atoms with van der Waals surface area (Å²) in [5.41, 5.74) is 7.36. The van der Waals surface area contributed by atoms with E-state index in [0.29, 0.717) is 17.1 Å². The van der Waals surface area contributed by atoms with Gasteiger partial charge in [0.05, 0.1) is 23.3 Å². The van der Waals surface area contributed by atoms with Crippen molar-refractivity contribution >= 4 is 11.4 Å². The van der Waals surface area contributed by atoms with E-state index in [-0.39, 0.29) is 5.69 Å². The Morgan fingerprint density at radius 2 is 1.94 bits per heavy atom. The van der Waals surface area contributed by atoms with Crippen LogP contribution >= 0.6 is 0 Å². The minimum absolute atomic E-state index is 0.190. The van der Waals surface area contributed by atoms with Crippen LogP contribution in [0.5, 0.6) is 0 Å². The fourth-order valence-electron chi connectivity index (χ4n) is 1.75. The minimum Gasteiger partial charge on any atom is -0.396 e. The van der Waals surface area contributed by atoms with Gasteiger partial charge in [0.15, 0.2) is 5.82 Å². The second kappa shape index (κ2) is 4.29. The van der Waals surface area contributed by atoms with Crippen molar-refractivity contribution in [2.45, 2.75) is 6.92 Å². The van der Waals surface area contributed by atoms with Gasteiger partial charge in [-0.15, -0.1) is 0 Å². The van der Waals surface area contributed by atoms with Crippen molar-refractivity contribution in [2.75, 3.05) is 24.7 Å². The molecular weight excluding hydrogens is 238 g/mol. The normalized spacial score (nSPS) is 10.7. The molecule has 0 atom stereocenters. The number of anilines is 2. The Hall–Kier alpha value is -2.11. The largest absolute Gasteiger partial charge is 0.396 e. The summed E-state index contributed by atoms with van der Waals surface area (Å²) in [5, 5.41) is 4.02. The van der Waals surface area contributed by atoms with Crippen molar-refractivity contribution in [3.05, 3.63) is 35.7 Å². The van der Waals surface area contributed by atoms with Crippen LogP contribution in [0.25, 0.3) is 5.69 Å². The number of nitrogen functional groups attached to an aromatic ring is 1. The molecule has 0 spiro atoms. The predicted octanol–water partition coefficient (Wildman–Crippen LogP) is 2.11. The third kappa shape index (κ3) is 1.90. The van der Waals surface area contributed by atoms with E-state index in [0.717, 1.165) is 6.07 Å². The highest BCUT2D eigenvalue weighted by molar-refractivity contribution is 5.64. The molecule has 0 aliphatic carbocycles. The first-order valence-corrected chi connectivity index (χ1v) is 5.38. The molecule has 0 aliphatic heterocycles. The molecule has 0 saturated carbocycles. The Morgan fingerprint density at radius 1 is 1.28 bits per heavy atom. The third-order valence-electron chi connectivity index (χ3n) is 2.75. The van der Waals surface area contributed by atoms with Gasteiger partial charge in [0.1, 0.15) is 11.5 Å². The minimum atomic E-state index is -0.676. The van der Waals surface area contributed by atoms with Gasteiger partial charge in [-0.05, 0) is 13.0 Å². The smallest absolute Gasteiger partial charge is 0.153 e. The maximum absolute atomic E-state index is 14.0. The van der Waals surface area contributed by atoms with Crippen molar-refractivity contribution in [3.63, 3.8) is 0 Å². The molecule has 4 nitrogen and oxygen atoms in total. The predicted molar refractivity (Wildman–Crippen MR) is 67.0 cm³/mol. The van der Waals surface area contributed by atoms with Gasteiger partial charge in [0.25, 0.3) is 0 Å². The van der Waals surface area contributed by atoms with Crippen LogP contribution in [0.2, 0.25) is 0 Å². The summed E-state index contributed by atoms with van der Waals surface area (Å²) in [5.74, 6) is -1.30. The molecule has 2 N–H and O–H groups in total. The zero-order valence-electron chi connectivity index (χ0n) is 10.4. The number of benzene rings is 1. The lowest BCUT2D eigenvalue weighted by molar-refractivity contribution is 0.572. The van der Waals surface area contributed by atoms with Gasteiger partial charge < -0.3 is 10.6 Å². The molecule has 0 radical (unpaired) electrons. The van der Waals surface area contributed by atoms with Gasteiger partial charge in [-0.1, -0.05) is 0 Å².